The Morgan fingerprint density at radius 3 is 2.28 bits per heavy atom. The Morgan fingerprint density at radius 2 is 1.72 bits per heavy atom. The Hall–Kier alpha value is -1.19. The molecule has 1 atom stereocenters. The van der Waals surface area contributed by atoms with Crippen molar-refractivity contribution < 1.29 is 14.3 Å². The second-order valence-electron chi connectivity index (χ2n) is 4.42. The first-order valence-corrected chi connectivity index (χ1v) is 6.47. The topological polar surface area (TPSA) is 35.5 Å². The fourth-order valence-corrected chi connectivity index (χ4v) is 1.64. The van der Waals surface area contributed by atoms with Gasteiger partial charge in [0.1, 0.15) is 6.10 Å². The van der Waals surface area contributed by atoms with Gasteiger partial charge in [0, 0.05) is 5.56 Å². The molecule has 0 fully saturated rings. The Kier molecular flexibility index (Phi) is 6.61. The lowest BCUT2D eigenvalue weighted by atomic mass is 10.0. The molecular formula is C15H22O3. The van der Waals surface area contributed by atoms with Crippen molar-refractivity contribution in [3.05, 3.63) is 35.9 Å². The van der Waals surface area contributed by atoms with E-state index in [9.17, 15) is 4.79 Å². The Balaban J connectivity index is 2.43. The quantitative estimate of drug-likeness (QED) is 0.525. The van der Waals surface area contributed by atoms with Gasteiger partial charge in [-0.25, -0.2) is 0 Å². The molecule has 0 spiro atoms. The molecule has 1 unspecified atom stereocenters. The molecule has 0 N–H and O–H groups in total. The molecule has 1 rings (SSSR count). The Labute approximate surface area is 109 Å². The van der Waals surface area contributed by atoms with E-state index >= 15 is 0 Å². The highest BCUT2D eigenvalue weighted by atomic mass is 16.5. The van der Waals surface area contributed by atoms with Crippen molar-refractivity contribution in [2.24, 2.45) is 0 Å². The van der Waals surface area contributed by atoms with Crippen molar-refractivity contribution in [3.63, 3.8) is 0 Å². The first-order chi connectivity index (χ1) is 8.65. The van der Waals surface area contributed by atoms with Gasteiger partial charge in [-0.1, -0.05) is 37.3 Å². The third kappa shape index (κ3) is 4.98. The van der Waals surface area contributed by atoms with Crippen molar-refractivity contribution in [1.29, 1.82) is 0 Å². The van der Waals surface area contributed by atoms with Crippen LogP contribution < -0.4 is 0 Å². The zero-order chi connectivity index (χ0) is 13.4. The molecule has 3 heteroatoms. The van der Waals surface area contributed by atoms with E-state index in [1.165, 1.54) is 0 Å². The summed E-state index contributed by atoms with van der Waals surface area (Å²) in [6.45, 7) is 6.89. The standard InChI is InChI=1S/C15H22O3/c1-4-14(18-11-10-17-12(2)3)15(16)13-8-6-5-7-9-13/h5-9,12,14H,4,10-11H2,1-3H3. The van der Waals surface area contributed by atoms with E-state index in [4.69, 9.17) is 9.47 Å². The van der Waals surface area contributed by atoms with Crippen LogP contribution in [-0.4, -0.2) is 31.2 Å². The van der Waals surface area contributed by atoms with E-state index in [-0.39, 0.29) is 18.0 Å². The van der Waals surface area contributed by atoms with Gasteiger partial charge in [0.25, 0.3) is 0 Å². The highest BCUT2D eigenvalue weighted by Gasteiger charge is 2.18. The molecule has 0 saturated carbocycles. The average Bonchev–Trinajstić information content (AvgIpc) is 2.39. The molecule has 0 aliphatic rings. The molecule has 0 heterocycles. The largest absolute Gasteiger partial charge is 0.376 e. The Morgan fingerprint density at radius 1 is 1.11 bits per heavy atom. The minimum atomic E-state index is -0.372. The molecular weight excluding hydrogens is 228 g/mol. The van der Waals surface area contributed by atoms with E-state index in [0.717, 1.165) is 0 Å². The number of hydrogen-bond donors (Lipinski definition) is 0. The number of Topliss-reactive ketones (excluding diaryl/α,β-unsaturated/α-hetero) is 1. The van der Waals surface area contributed by atoms with Crippen LogP contribution >= 0.6 is 0 Å². The summed E-state index contributed by atoms with van der Waals surface area (Å²) >= 11 is 0. The highest BCUT2D eigenvalue weighted by molar-refractivity contribution is 5.99. The number of ether oxygens (including phenoxy) is 2. The van der Waals surface area contributed by atoms with Gasteiger partial charge in [-0.2, -0.15) is 0 Å². The van der Waals surface area contributed by atoms with Crippen LogP contribution in [0.2, 0.25) is 0 Å². The number of benzene rings is 1. The Bertz CT molecular complexity index is 346. The molecule has 100 valence electrons. The molecule has 1 aromatic rings. The normalized spacial score (nSPS) is 12.7. The van der Waals surface area contributed by atoms with Gasteiger partial charge in [0.2, 0.25) is 0 Å². The third-order valence-electron chi connectivity index (χ3n) is 2.58. The van der Waals surface area contributed by atoms with Crippen molar-refractivity contribution in [3.8, 4) is 0 Å². The predicted octanol–water partition coefficient (Wildman–Crippen LogP) is 3.09. The number of rotatable bonds is 8. The summed E-state index contributed by atoms with van der Waals surface area (Å²) in [6.07, 6.45) is 0.497. The van der Waals surface area contributed by atoms with Crippen LogP contribution in [-0.2, 0) is 9.47 Å². The van der Waals surface area contributed by atoms with Crippen LogP contribution in [0.15, 0.2) is 30.3 Å². The summed E-state index contributed by atoms with van der Waals surface area (Å²) in [6, 6.07) is 9.26. The summed E-state index contributed by atoms with van der Waals surface area (Å²) in [5.41, 5.74) is 0.703. The van der Waals surface area contributed by atoms with Gasteiger partial charge < -0.3 is 9.47 Å². The zero-order valence-electron chi connectivity index (χ0n) is 11.4. The molecule has 0 aliphatic carbocycles. The predicted molar refractivity (Wildman–Crippen MR) is 71.9 cm³/mol. The summed E-state index contributed by atoms with van der Waals surface area (Å²) in [5, 5.41) is 0. The fourth-order valence-electron chi connectivity index (χ4n) is 1.64. The minimum absolute atomic E-state index is 0.0441. The summed E-state index contributed by atoms with van der Waals surface area (Å²) in [5.74, 6) is 0.0441. The van der Waals surface area contributed by atoms with Crippen LogP contribution in [0.1, 0.15) is 37.6 Å². The monoisotopic (exact) mass is 250 g/mol. The lowest BCUT2D eigenvalue weighted by Crippen LogP contribution is -2.25. The summed E-state index contributed by atoms with van der Waals surface area (Å²) in [4.78, 5) is 12.1. The molecule has 0 bridgehead atoms. The van der Waals surface area contributed by atoms with Crippen molar-refractivity contribution in [2.75, 3.05) is 13.2 Å². The van der Waals surface area contributed by atoms with Crippen LogP contribution in [0.25, 0.3) is 0 Å². The van der Waals surface area contributed by atoms with E-state index in [0.29, 0.717) is 25.2 Å². The number of carbonyl (C=O) groups is 1. The number of hydrogen-bond acceptors (Lipinski definition) is 3. The summed E-state index contributed by atoms with van der Waals surface area (Å²) in [7, 11) is 0. The minimum Gasteiger partial charge on any atom is -0.376 e. The van der Waals surface area contributed by atoms with E-state index < -0.39 is 0 Å². The molecule has 0 aliphatic heterocycles. The van der Waals surface area contributed by atoms with Crippen LogP contribution in [0.4, 0.5) is 0 Å². The van der Waals surface area contributed by atoms with Crippen LogP contribution in [0, 0.1) is 0 Å². The fraction of sp³-hybridized carbons (Fsp3) is 0.533. The van der Waals surface area contributed by atoms with Gasteiger partial charge >= 0.3 is 0 Å². The number of carbonyl (C=O) groups excluding carboxylic acids is 1. The van der Waals surface area contributed by atoms with Gasteiger partial charge in [-0.05, 0) is 20.3 Å². The van der Waals surface area contributed by atoms with Crippen molar-refractivity contribution >= 4 is 5.78 Å². The van der Waals surface area contributed by atoms with Crippen LogP contribution in [0.5, 0.6) is 0 Å². The van der Waals surface area contributed by atoms with Gasteiger partial charge in [0.15, 0.2) is 5.78 Å². The second-order valence-corrected chi connectivity index (χ2v) is 4.42. The molecule has 0 saturated heterocycles. The zero-order valence-corrected chi connectivity index (χ0v) is 11.4. The first kappa shape index (κ1) is 14.9. The highest BCUT2D eigenvalue weighted by Crippen LogP contribution is 2.09. The van der Waals surface area contributed by atoms with E-state index in [2.05, 4.69) is 0 Å². The maximum absolute atomic E-state index is 12.1. The second kappa shape index (κ2) is 8.01. The SMILES string of the molecule is CCC(OCCOC(C)C)C(=O)c1ccccc1. The molecule has 0 aromatic heterocycles. The average molecular weight is 250 g/mol. The van der Waals surface area contributed by atoms with Gasteiger partial charge in [0.05, 0.1) is 19.3 Å². The molecule has 3 nitrogen and oxygen atoms in total. The number of ketones is 1. The van der Waals surface area contributed by atoms with E-state index in [1.54, 1.807) is 0 Å². The van der Waals surface area contributed by atoms with Crippen molar-refractivity contribution in [2.45, 2.75) is 39.4 Å². The van der Waals surface area contributed by atoms with Crippen LogP contribution in [0.3, 0.4) is 0 Å². The van der Waals surface area contributed by atoms with Crippen molar-refractivity contribution in [1.82, 2.24) is 0 Å². The molecule has 0 amide bonds. The molecule has 0 radical (unpaired) electrons. The lowest BCUT2D eigenvalue weighted by molar-refractivity contribution is -0.00738. The maximum Gasteiger partial charge on any atom is 0.191 e. The third-order valence-corrected chi connectivity index (χ3v) is 2.58. The smallest absolute Gasteiger partial charge is 0.191 e. The van der Waals surface area contributed by atoms with E-state index in [1.807, 2.05) is 51.1 Å². The molecule has 1 aromatic carbocycles. The van der Waals surface area contributed by atoms with Gasteiger partial charge in [-0.3, -0.25) is 4.79 Å². The first-order valence-electron chi connectivity index (χ1n) is 6.47. The molecule has 18 heavy (non-hydrogen) atoms. The summed E-state index contributed by atoms with van der Waals surface area (Å²) < 4.78 is 11.0. The lowest BCUT2D eigenvalue weighted by Gasteiger charge is -2.15. The van der Waals surface area contributed by atoms with Gasteiger partial charge in [-0.15, -0.1) is 0 Å². The maximum atomic E-state index is 12.1.